The first-order valence-electron chi connectivity index (χ1n) is 11.5. The van der Waals surface area contributed by atoms with Crippen LogP contribution in [0.3, 0.4) is 0 Å². The van der Waals surface area contributed by atoms with E-state index >= 15 is 0 Å². The molecule has 4 heterocycles. The fourth-order valence-electron chi connectivity index (χ4n) is 4.36. The number of rotatable bonds is 5. The third-order valence-corrected chi connectivity index (χ3v) is 6.29. The van der Waals surface area contributed by atoms with Crippen LogP contribution in [0.5, 0.6) is 0 Å². The topological polar surface area (TPSA) is 105 Å². The summed E-state index contributed by atoms with van der Waals surface area (Å²) in [5.41, 5.74) is 10.5. The van der Waals surface area contributed by atoms with E-state index in [9.17, 15) is 4.79 Å². The molecule has 1 aliphatic rings. The molecule has 1 fully saturated rings. The van der Waals surface area contributed by atoms with Gasteiger partial charge in [-0.05, 0) is 49.4 Å². The van der Waals surface area contributed by atoms with Crippen LogP contribution in [0.1, 0.15) is 12.5 Å². The Morgan fingerprint density at radius 1 is 0.941 bits per heavy atom. The van der Waals surface area contributed by atoms with E-state index in [1.165, 1.54) is 6.20 Å². The number of likely N-dealkylation sites (N-methyl/N-ethyl adjacent to an activating group) is 1. The Morgan fingerprint density at radius 3 is 2.35 bits per heavy atom. The number of fused-ring (bicyclic) bond motifs is 1. The number of nitrogens with zero attached hydrogens (tertiary/aromatic N) is 6. The van der Waals surface area contributed by atoms with Gasteiger partial charge in [0.1, 0.15) is 17.2 Å². The van der Waals surface area contributed by atoms with Crippen LogP contribution < -0.4 is 21.5 Å². The molecule has 174 valence electrons. The fraction of sp³-hybridized carbons (Fsp3) is 0.280. The van der Waals surface area contributed by atoms with Crippen LogP contribution in [-0.4, -0.2) is 57.1 Å². The molecule has 0 atom stereocenters. The van der Waals surface area contributed by atoms with Gasteiger partial charge in [0.05, 0.1) is 29.8 Å². The molecule has 3 N–H and O–H groups in total. The molecule has 1 aliphatic heterocycles. The van der Waals surface area contributed by atoms with E-state index < -0.39 is 0 Å². The zero-order chi connectivity index (χ0) is 23.7. The van der Waals surface area contributed by atoms with E-state index in [4.69, 9.17) is 5.73 Å². The highest BCUT2D eigenvalue weighted by Gasteiger charge is 2.18. The van der Waals surface area contributed by atoms with Gasteiger partial charge in [-0.3, -0.25) is 9.36 Å². The molecule has 5 rings (SSSR count). The third kappa shape index (κ3) is 4.29. The molecule has 0 bridgehead atoms. The Kier molecular flexibility index (Phi) is 5.85. The number of nitrogens with two attached hydrogens (primary N) is 1. The molecule has 0 spiro atoms. The first kappa shape index (κ1) is 21.8. The van der Waals surface area contributed by atoms with Gasteiger partial charge in [-0.2, -0.15) is 0 Å². The van der Waals surface area contributed by atoms with Crippen molar-refractivity contribution in [3.63, 3.8) is 0 Å². The number of nitrogen functional groups attached to an aromatic ring is 1. The second kappa shape index (κ2) is 9.11. The number of hydrogen-bond donors (Lipinski definition) is 2. The average Bonchev–Trinajstić information content (AvgIpc) is 2.85. The van der Waals surface area contributed by atoms with E-state index in [1.807, 2.05) is 30.5 Å². The Morgan fingerprint density at radius 2 is 1.65 bits per heavy atom. The van der Waals surface area contributed by atoms with Gasteiger partial charge in [-0.15, -0.1) is 0 Å². The maximum atomic E-state index is 12.7. The van der Waals surface area contributed by atoms with E-state index in [-0.39, 0.29) is 5.56 Å². The van der Waals surface area contributed by atoms with Gasteiger partial charge in [0, 0.05) is 43.6 Å². The number of nitrogens with one attached hydrogen (secondary N) is 1. The Balaban J connectivity index is 1.43. The lowest BCUT2D eigenvalue weighted by atomic mass is 10.2. The number of aryl methyl sites for hydroxylation is 1. The summed E-state index contributed by atoms with van der Waals surface area (Å²) in [6.45, 7) is 9.55. The van der Waals surface area contributed by atoms with E-state index in [1.54, 1.807) is 22.9 Å². The molecule has 0 aliphatic carbocycles. The fourth-order valence-corrected chi connectivity index (χ4v) is 4.36. The molecule has 0 amide bonds. The summed E-state index contributed by atoms with van der Waals surface area (Å²) in [7, 11) is 0. The maximum Gasteiger partial charge on any atom is 0.274 e. The SMILES string of the molecule is CCN1CCN(c2cnc(Nc3cc4c(cn3)ncc(=O)n4-c3ccc(N)cc3)cc2C)CC1. The Labute approximate surface area is 197 Å². The van der Waals surface area contributed by atoms with Crippen LogP contribution in [0.2, 0.25) is 0 Å². The third-order valence-electron chi connectivity index (χ3n) is 6.29. The van der Waals surface area contributed by atoms with Crippen LogP contribution in [-0.2, 0) is 0 Å². The second-order valence-electron chi connectivity index (χ2n) is 8.48. The minimum Gasteiger partial charge on any atom is -0.399 e. The monoisotopic (exact) mass is 456 g/mol. The molecule has 0 unspecified atom stereocenters. The normalized spacial score (nSPS) is 14.5. The first-order valence-corrected chi connectivity index (χ1v) is 11.5. The summed E-state index contributed by atoms with van der Waals surface area (Å²) < 4.78 is 1.60. The molecular weight excluding hydrogens is 428 g/mol. The number of aromatic nitrogens is 4. The quantitative estimate of drug-likeness (QED) is 0.442. The van der Waals surface area contributed by atoms with Crippen molar-refractivity contribution >= 4 is 34.0 Å². The molecule has 0 saturated carbocycles. The van der Waals surface area contributed by atoms with Crippen molar-refractivity contribution in [2.45, 2.75) is 13.8 Å². The van der Waals surface area contributed by atoms with Crippen LogP contribution in [0.25, 0.3) is 16.7 Å². The first-order chi connectivity index (χ1) is 16.5. The smallest absolute Gasteiger partial charge is 0.274 e. The average molecular weight is 457 g/mol. The Hall–Kier alpha value is -3.98. The summed E-state index contributed by atoms with van der Waals surface area (Å²) in [6, 6.07) is 11.0. The van der Waals surface area contributed by atoms with Crippen molar-refractivity contribution < 1.29 is 0 Å². The summed E-state index contributed by atoms with van der Waals surface area (Å²) in [6.07, 6.45) is 4.88. The van der Waals surface area contributed by atoms with Crippen molar-refractivity contribution in [1.29, 1.82) is 0 Å². The maximum absolute atomic E-state index is 12.7. The van der Waals surface area contributed by atoms with E-state index in [2.05, 4.69) is 43.9 Å². The predicted molar refractivity (Wildman–Crippen MR) is 136 cm³/mol. The van der Waals surface area contributed by atoms with Gasteiger partial charge < -0.3 is 20.9 Å². The lowest BCUT2D eigenvalue weighted by Crippen LogP contribution is -2.46. The van der Waals surface area contributed by atoms with Crippen molar-refractivity contribution in [1.82, 2.24) is 24.4 Å². The summed E-state index contributed by atoms with van der Waals surface area (Å²) >= 11 is 0. The molecule has 1 aromatic carbocycles. The lowest BCUT2D eigenvalue weighted by molar-refractivity contribution is 0.271. The molecule has 9 nitrogen and oxygen atoms in total. The van der Waals surface area contributed by atoms with Crippen molar-refractivity contribution in [3.05, 3.63) is 70.9 Å². The van der Waals surface area contributed by atoms with Crippen molar-refractivity contribution in [3.8, 4) is 5.69 Å². The molecule has 1 saturated heterocycles. The summed E-state index contributed by atoms with van der Waals surface area (Å²) in [4.78, 5) is 30.9. The van der Waals surface area contributed by atoms with Gasteiger partial charge >= 0.3 is 0 Å². The molecular formula is C25H28N8O. The highest BCUT2D eigenvalue weighted by Crippen LogP contribution is 2.25. The highest BCUT2D eigenvalue weighted by atomic mass is 16.1. The van der Waals surface area contributed by atoms with Crippen molar-refractivity contribution in [2.24, 2.45) is 0 Å². The zero-order valence-electron chi connectivity index (χ0n) is 19.4. The molecule has 9 heteroatoms. The molecule has 4 aromatic rings. The van der Waals surface area contributed by atoms with Crippen molar-refractivity contribution in [2.75, 3.05) is 48.7 Å². The predicted octanol–water partition coefficient (Wildman–Crippen LogP) is 2.95. The molecule has 0 radical (unpaired) electrons. The summed E-state index contributed by atoms with van der Waals surface area (Å²) in [5, 5.41) is 3.28. The van der Waals surface area contributed by atoms with Gasteiger partial charge in [-0.25, -0.2) is 15.0 Å². The zero-order valence-corrected chi connectivity index (χ0v) is 19.4. The largest absolute Gasteiger partial charge is 0.399 e. The Bertz CT molecular complexity index is 1370. The van der Waals surface area contributed by atoms with Crippen LogP contribution in [0, 0.1) is 6.92 Å². The van der Waals surface area contributed by atoms with E-state index in [0.717, 1.165) is 44.0 Å². The second-order valence-corrected chi connectivity index (χ2v) is 8.48. The van der Waals surface area contributed by atoms with Gasteiger partial charge in [0.25, 0.3) is 5.56 Å². The van der Waals surface area contributed by atoms with Crippen LogP contribution in [0.15, 0.2) is 59.8 Å². The number of hydrogen-bond acceptors (Lipinski definition) is 8. The lowest BCUT2D eigenvalue weighted by Gasteiger charge is -2.36. The van der Waals surface area contributed by atoms with Crippen LogP contribution >= 0.6 is 0 Å². The van der Waals surface area contributed by atoms with Crippen LogP contribution in [0.4, 0.5) is 23.0 Å². The number of piperazine rings is 1. The standard InChI is InChI=1S/C25H28N8O/c1-3-31-8-10-32(11-9-31)22-15-29-23(12-17(22)2)30-24-13-21-20(14-28-24)27-16-25(34)33(21)19-6-4-18(26)5-7-19/h4-7,12-16H,3,8-11,26H2,1-2H3,(H,28,29,30). The van der Waals surface area contributed by atoms with E-state index in [0.29, 0.717) is 34.0 Å². The minimum atomic E-state index is -0.226. The van der Waals surface area contributed by atoms with Gasteiger partial charge in [0.2, 0.25) is 0 Å². The van der Waals surface area contributed by atoms with Gasteiger partial charge in [-0.1, -0.05) is 6.92 Å². The summed E-state index contributed by atoms with van der Waals surface area (Å²) in [5.74, 6) is 1.28. The van der Waals surface area contributed by atoms with Gasteiger partial charge in [0.15, 0.2) is 0 Å². The number of benzene rings is 1. The molecule has 34 heavy (non-hydrogen) atoms. The number of anilines is 4. The number of pyridine rings is 2. The highest BCUT2D eigenvalue weighted by molar-refractivity contribution is 5.79. The molecule has 3 aromatic heterocycles. The minimum absolute atomic E-state index is 0.226.